The Kier molecular flexibility index (Phi) is 4.47. The van der Waals surface area contributed by atoms with Crippen LogP contribution >= 0.6 is 12.4 Å². The van der Waals surface area contributed by atoms with Gasteiger partial charge < -0.3 is 15.6 Å². The average molecular weight is 292 g/mol. The van der Waals surface area contributed by atoms with Crippen LogP contribution in [0.4, 0.5) is 0 Å². The van der Waals surface area contributed by atoms with Gasteiger partial charge in [0.1, 0.15) is 0 Å². The number of aromatic nitrogens is 1. The van der Waals surface area contributed by atoms with Gasteiger partial charge in [0.05, 0.1) is 5.56 Å². The van der Waals surface area contributed by atoms with Gasteiger partial charge in [-0.25, -0.2) is 0 Å². The zero-order chi connectivity index (χ0) is 13.2. The second-order valence-electron chi connectivity index (χ2n) is 4.91. The van der Waals surface area contributed by atoms with Crippen molar-refractivity contribution in [2.45, 2.75) is 26.6 Å². The Labute approximate surface area is 124 Å². The van der Waals surface area contributed by atoms with Crippen LogP contribution in [0.15, 0.2) is 30.5 Å². The first-order valence-corrected chi connectivity index (χ1v) is 6.47. The molecular formula is C15H18ClN3O. The molecule has 0 aliphatic carbocycles. The Morgan fingerprint density at radius 2 is 2.05 bits per heavy atom. The molecule has 2 heterocycles. The monoisotopic (exact) mass is 291 g/mol. The quantitative estimate of drug-likeness (QED) is 0.812. The minimum Gasteiger partial charge on any atom is -0.365 e. The molecule has 0 saturated heterocycles. The van der Waals surface area contributed by atoms with Crippen molar-refractivity contribution >= 4 is 18.3 Å². The molecular weight excluding hydrogens is 274 g/mol. The molecule has 5 heteroatoms. The molecule has 0 saturated carbocycles. The van der Waals surface area contributed by atoms with Crippen LogP contribution in [0.2, 0.25) is 0 Å². The maximum atomic E-state index is 12.0. The van der Waals surface area contributed by atoms with E-state index in [9.17, 15) is 4.79 Å². The SMILES string of the molecule is Cc1[nH]ccc1C(=O)NCc1ccc2c(c1)CNC2.Cl. The molecule has 0 fully saturated rings. The first-order chi connectivity index (χ1) is 9.24. The van der Waals surface area contributed by atoms with E-state index in [2.05, 4.69) is 33.8 Å². The summed E-state index contributed by atoms with van der Waals surface area (Å²) in [5, 5.41) is 6.27. The number of benzene rings is 1. The van der Waals surface area contributed by atoms with E-state index in [1.54, 1.807) is 12.3 Å². The predicted octanol–water partition coefficient (Wildman–Crippen LogP) is 2.28. The summed E-state index contributed by atoms with van der Waals surface area (Å²) in [6, 6.07) is 8.19. The number of rotatable bonds is 3. The number of aromatic amines is 1. The van der Waals surface area contributed by atoms with Gasteiger partial charge in [-0.05, 0) is 29.7 Å². The Hall–Kier alpha value is -1.78. The lowest BCUT2D eigenvalue weighted by Crippen LogP contribution is -2.23. The van der Waals surface area contributed by atoms with E-state index < -0.39 is 0 Å². The highest BCUT2D eigenvalue weighted by molar-refractivity contribution is 5.95. The molecule has 3 N–H and O–H groups in total. The number of H-pyrrole nitrogens is 1. The third kappa shape index (κ3) is 2.86. The van der Waals surface area contributed by atoms with Gasteiger partial charge in [-0.1, -0.05) is 18.2 Å². The van der Waals surface area contributed by atoms with Gasteiger partial charge in [0, 0.05) is 31.5 Å². The van der Waals surface area contributed by atoms with E-state index in [-0.39, 0.29) is 18.3 Å². The summed E-state index contributed by atoms with van der Waals surface area (Å²) in [4.78, 5) is 15.0. The third-order valence-electron chi connectivity index (χ3n) is 3.55. The zero-order valence-electron chi connectivity index (χ0n) is 11.3. The lowest BCUT2D eigenvalue weighted by molar-refractivity contribution is 0.0950. The van der Waals surface area contributed by atoms with Gasteiger partial charge in [0.2, 0.25) is 0 Å². The maximum absolute atomic E-state index is 12.0. The van der Waals surface area contributed by atoms with Crippen LogP contribution in [0, 0.1) is 6.92 Å². The van der Waals surface area contributed by atoms with Gasteiger partial charge in [-0.15, -0.1) is 12.4 Å². The lowest BCUT2D eigenvalue weighted by atomic mass is 10.1. The standard InChI is InChI=1S/C15H17N3O.ClH/c1-10-14(4-5-17-10)15(19)18-7-11-2-3-12-8-16-9-13(12)6-11;/h2-6,16-17H,7-9H2,1H3,(H,18,19);1H. The number of hydrogen-bond acceptors (Lipinski definition) is 2. The van der Waals surface area contributed by atoms with Crippen LogP contribution in [-0.4, -0.2) is 10.9 Å². The molecule has 0 atom stereocenters. The number of carbonyl (C=O) groups excluding carboxylic acids is 1. The molecule has 0 spiro atoms. The van der Waals surface area contributed by atoms with Crippen molar-refractivity contribution in [2.24, 2.45) is 0 Å². The number of carbonyl (C=O) groups is 1. The minimum absolute atomic E-state index is 0. The van der Waals surface area contributed by atoms with Crippen LogP contribution in [0.5, 0.6) is 0 Å². The van der Waals surface area contributed by atoms with Crippen molar-refractivity contribution in [3.05, 3.63) is 58.4 Å². The fourth-order valence-electron chi connectivity index (χ4n) is 2.43. The zero-order valence-corrected chi connectivity index (χ0v) is 12.1. The fraction of sp³-hybridized carbons (Fsp3) is 0.267. The summed E-state index contributed by atoms with van der Waals surface area (Å²) >= 11 is 0. The van der Waals surface area contributed by atoms with Crippen molar-refractivity contribution in [2.75, 3.05) is 0 Å². The normalized spacial score (nSPS) is 12.7. The summed E-state index contributed by atoms with van der Waals surface area (Å²) in [5.41, 5.74) is 5.45. The van der Waals surface area contributed by atoms with Gasteiger partial charge in [-0.2, -0.15) is 0 Å². The van der Waals surface area contributed by atoms with E-state index in [4.69, 9.17) is 0 Å². The highest BCUT2D eigenvalue weighted by atomic mass is 35.5. The summed E-state index contributed by atoms with van der Waals surface area (Å²) in [7, 11) is 0. The van der Waals surface area contributed by atoms with E-state index in [1.807, 2.05) is 6.92 Å². The topological polar surface area (TPSA) is 56.9 Å². The van der Waals surface area contributed by atoms with E-state index in [0.29, 0.717) is 12.1 Å². The second kappa shape index (κ2) is 6.11. The number of halogens is 1. The van der Waals surface area contributed by atoms with Crippen LogP contribution in [0.3, 0.4) is 0 Å². The van der Waals surface area contributed by atoms with Crippen LogP contribution in [0.1, 0.15) is 32.7 Å². The number of aryl methyl sites for hydroxylation is 1. The Morgan fingerprint density at radius 1 is 1.25 bits per heavy atom. The Bertz CT molecular complexity index is 621. The maximum Gasteiger partial charge on any atom is 0.253 e. The van der Waals surface area contributed by atoms with Crippen molar-refractivity contribution in [3.63, 3.8) is 0 Å². The van der Waals surface area contributed by atoms with Crippen molar-refractivity contribution < 1.29 is 4.79 Å². The molecule has 1 amide bonds. The summed E-state index contributed by atoms with van der Waals surface area (Å²) in [5.74, 6) is -0.0302. The average Bonchev–Trinajstić information content (AvgIpc) is 3.03. The molecule has 1 aromatic carbocycles. The van der Waals surface area contributed by atoms with Crippen LogP contribution in [0.25, 0.3) is 0 Å². The second-order valence-corrected chi connectivity index (χ2v) is 4.91. The molecule has 20 heavy (non-hydrogen) atoms. The lowest BCUT2D eigenvalue weighted by Gasteiger charge is -2.07. The molecule has 0 radical (unpaired) electrons. The molecule has 106 valence electrons. The van der Waals surface area contributed by atoms with Gasteiger partial charge in [0.25, 0.3) is 5.91 Å². The van der Waals surface area contributed by atoms with Gasteiger partial charge >= 0.3 is 0 Å². The Morgan fingerprint density at radius 3 is 2.80 bits per heavy atom. The molecule has 4 nitrogen and oxygen atoms in total. The fourth-order valence-corrected chi connectivity index (χ4v) is 2.43. The first kappa shape index (κ1) is 14.6. The molecule has 1 aliphatic heterocycles. The predicted molar refractivity (Wildman–Crippen MR) is 80.9 cm³/mol. The van der Waals surface area contributed by atoms with Crippen molar-refractivity contribution in [1.82, 2.24) is 15.6 Å². The molecule has 1 aromatic heterocycles. The largest absolute Gasteiger partial charge is 0.365 e. The van der Waals surface area contributed by atoms with Crippen molar-refractivity contribution in [1.29, 1.82) is 0 Å². The number of amides is 1. The van der Waals surface area contributed by atoms with E-state index in [1.165, 1.54) is 11.1 Å². The molecule has 0 unspecified atom stereocenters. The molecule has 0 bridgehead atoms. The Balaban J connectivity index is 0.00000147. The number of hydrogen-bond donors (Lipinski definition) is 3. The summed E-state index contributed by atoms with van der Waals surface area (Å²) in [6.07, 6.45) is 1.78. The van der Waals surface area contributed by atoms with Gasteiger partial charge in [-0.3, -0.25) is 4.79 Å². The minimum atomic E-state index is -0.0302. The molecule has 3 rings (SSSR count). The highest BCUT2D eigenvalue weighted by Gasteiger charge is 2.12. The van der Waals surface area contributed by atoms with Crippen LogP contribution < -0.4 is 10.6 Å². The highest BCUT2D eigenvalue weighted by Crippen LogP contribution is 2.17. The van der Waals surface area contributed by atoms with Gasteiger partial charge in [0.15, 0.2) is 0 Å². The molecule has 1 aliphatic rings. The van der Waals surface area contributed by atoms with E-state index >= 15 is 0 Å². The smallest absolute Gasteiger partial charge is 0.253 e. The molecule has 2 aromatic rings. The first-order valence-electron chi connectivity index (χ1n) is 6.47. The van der Waals surface area contributed by atoms with Crippen molar-refractivity contribution in [3.8, 4) is 0 Å². The third-order valence-corrected chi connectivity index (χ3v) is 3.55. The van der Waals surface area contributed by atoms with E-state index in [0.717, 1.165) is 24.3 Å². The summed E-state index contributed by atoms with van der Waals surface area (Å²) < 4.78 is 0. The van der Waals surface area contributed by atoms with Crippen LogP contribution in [-0.2, 0) is 19.6 Å². The summed E-state index contributed by atoms with van der Waals surface area (Å²) in [6.45, 7) is 4.34. The number of fused-ring (bicyclic) bond motifs is 1. The number of nitrogens with one attached hydrogen (secondary N) is 3.